The molecule has 0 saturated carbocycles. The summed E-state index contributed by atoms with van der Waals surface area (Å²) in [6.07, 6.45) is 5.52. The molecule has 0 N–H and O–H groups in total. The Kier molecular flexibility index (Phi) is 4.74. The third-order valence-electron chi connectivity index (χ3n) is 4.28. The van der Waals surface area contributed by atoms with E-state index in [0.29, 0.717) is 0 Å². The minimum absolute atomic E-state index is 0.160. The number of aryl methyl sites for hydroxylation is 1. The highest BCUT2D eigenvalue weighted by Gasteiger charge is 2.12. The van der Waals surface area contributed by atoms with Gasteiger partial charge in [-0.05, 0) is 56.1 Å². The molecule has 1 saturated heterocycles. The quantitative estimate of drug-likeness (QED) is 0.750. The number of nitrogens with zero attached hydrogens (tertiary/aromatic N) is 1. The fourth-order valence-electron chi connectivity index (χ4n) is 2.85. The Bertz CT molecular complexity index is 676. The second-order valence-corrected chi connectivity index (χ2v) is 7.13. The van der Waals surface area contributed by atoms with Crippen molar-refractivity contribution in [2.45, 2.75) is 26.2 Å². The first-order valence-corrected chi connectivity index (χ1v) is 8.74. The lowest BCUT2D eigenvalue weighted by molar-refractivity contribution is 0.313. The molecule has 1 aromatic heterocycles. The maximum Gasteiger partial charge on any atom is 0.123 e. The van der Waals surface area contributed by atoms with Crippen LogP contribution in [-0.2, 0) is 6.42 Å². The maximum atomic E-state index is 13.7. The Balaban J connectivity index is 1.96. The van der Waals surface area contributed by atoms with Gasteiger partial charge >= 0.3 is 0 Å². The molecule has 0 unspecified atom stereocenters. The van der Waals surface area contributed by atoms with Gasteiger partial charge in [0, 0.05) is 28.4 Å². The largest absolute Gasteiger partial charge is 0.306 e. The van der Waals surface area contributed by atoms with Crippen LogP contribution in [0.4, 0.5) is 4.39 Å². The number of hydrogen-bond donors (Lipinski definition) is 0. The topological polar surface area (TPSA) is 3.24 Å². The average molecular weight is 315 g/mol. The van der Waals surface area contributed by atoms with Crippen LogP contribution in [0.25, 0.3) is 16.5 Å². The Hall–Kier alpha value is -1.45. The minimum atomic E-state index is -0.160. The molecule has 0 atom stereocenters. The lowest BCUT2D eigenvalue weighted by Crippen LogP contribution is -2.26. The molecule has 0 aliphatic carbocycles. The molecular formula is C19H22FNS. The molecule has 1 fully saturated rings. The summed E-state index contributed by atoms with van der Waals surface area (Å²) in [6, 6.07) is 9.43. The van der Waals surface area contributed by atoms with Crippen molar-refractivity contribution in [1.29, 1.82) is 0 Å². The van der Waals surface area contributed by atoms with Gasteiger partial charge in [0.25, 0.3) is 0 Å². The summed E-state index contributed by atoms with van der Waals surface area (Å²) in [6.45, 7) is 4.38. The zero-order chi connectivity index (χ0) is 15.5. The van der Waals surface area contributed by atoms with Gasteiger partial charge in [-0.1, -0.05) is 24.6 Å². The third kappa shape index (κ3) is 3.47. The lowest BCUT2D eigenvalue weighted by atomic mass is 9.98. The zero-order valence-corrected chi connectivity index (χ0v) is 14.0. The van der Waals surface area contributed by atoms with Gasteiger partial charge in [0.15, 0.2) is 0 Å². The summed E-state index contributed by atoms with van der Waals surface area (Å²) in [7, 11) is 2.16. The van der Waals surface area contributed by atoms with E-state index in [1.54, 1.807) is 23.5 Å². The van der Waals surface area contributed by atoms with Crippen LogP contribution in [0.15, 0.2) is 35.9 Å². The molecule has 0 radical (unpaired) electrons. The van der Waals surface area contributed by atoms with Crippen LogP contribution in [0.5, 0.6) is 0 Å². The Labute approximate surface area is 136 Å². The molecule has 1 aliphatic heterocycles. The SMILES string of the molecule is CCc1ccc(-c2cc(F)ccc2C=C2CCN(C)CC2)s1. The summed E-state index contributed by atoms with van der Waals surface area (Å²) in [5, 5.41) is 0. The monoisotopic (exact) mass is 315 g/mol. The van der Waals surface area contributed by atoms with Gasteiger partial charge in [-0.25, -0.2) is 4.39 Å². The van der Waals surface area contributed by atoms with Gasteiger partial charge < -0.3 is 4.90 Å². The van der Waals surface area contributed by atoms with E-state index in [4.69, 9.17) is 0 Å². The van der Waals surface area contributed by atoms with E-state index in [1.807, 2.05) is 6.07 Å². The Morgan fingerprint density at radius 1 is 1.18 bits per heavy atom. The van der Waals surface area contributed by atoms with Crippen molar-refractivity contribution in [3.8, 4) is 10.4 Å². The van der Waals surface area contributed by atoms with Crippen LogP contribution >= 0.6 is 11.3 Å². The standard InChI is InChI=1S/C19H22FNS/c1-3-17-6-7-19(22-17)18-13-16(20)5-4-15(18)12-14-8-10-21(2)11-9-14/h4-7,12-13H,3,8-11H2,1-2H3. The van der Waals surface area contributed by atoms with E-state index in [-0.39, 0.29) is 5.82 Å². The molecule has 22 heavy (non-hydrogen) atoms. The summed E-state index contributed by atoms with van der Waals surface area (Å²) < 4.78 is 13.7. The number of benzene rings is 1. The van der Waals surface area contributed by atoms with Crippen molar-refractivity contribution in [2.24, 2.45) is 0 Å². The summed E-state index contributed by atoms with van der Waals surface area (Å²) in [4.78, 5) is 4.86. The number of likely N-dealkylation sites (tertiary alicyclic amines) is 1. The third-order valence-corrected chi connectivity index (χ3v) is 5.54. The van der Waals surface area contributed by atoms with Gasteiger partial charge in [-0.2, -0.15) is 0 Å². The van der Waals surface area contributed by atoms with Crippen molar-refractivity contribution in [3.05, 3.63) is 52.2 Å². The van der Waals surface area contributed by atoms with Gasteiger partial charge in [-0.15, -0.1) is 11.3 Å². The van der Waals surface area contributed by atoms with Crippen molar-refractivity contribution >= 4 is 17.4 Å². The summed E-state index contributed by atoms with van der Waals surface area (Å²) in [5.41, 5.74) is 3.64. The highest BCUT2D eigenvalue weighted by Crippen LogP contribution is 2.33. The molecule has 2 aromatic rings. The summed E-state index contributed by atoms with van der Waals surface area (Å²) in [5.74, 6) is -0.160. The number of rotatable bonds is 3. The summed E-state index contributed by atoms with van der Waals surface area (Å²) >= 11 is 1.77. The molecule has 0 spiro atoms. The first kappa shape index (κ1) is 15.4. The molecule has 1 aromatic carbocycles. The normalized spacial score (nSPS) is 16.0. The number of hydrogen-bond acceptors (Lipinski definition) is 2. The lowest BCUT2D eigenvalue weighted by Gasteiger charge is -2.24. The van der Waals surface area contributed by atoms with Crippen molar-refractivity contribution in [1.82, 2.24) is 4.90 Å². The van der Waals surface area contributed by atoms with E-state index in [9.17, 15) is 4.39 Å². The first-order chi connectivity index (χ1) is 10.7. The Morgan fingerprint density at radius 3 is 2.64 bits per heavy atom. The van der Waals surface area contributed by atoms with Crippen LogP contribution in [0.1, 0.15) is 30.2 Å². The van der Waals surface area contributed by atoms with Crippen LogP contribution in [0.2, 0.25) is 0 Å². The molecule has 1 nitrogen and oxygen atoms in total. The highest BCUT2D eigenvalue weighted by molar-refractivity contribution is 7.15. The Morgan fingerprint density at radius 2 is 1.95 bits per heavy atom. The smallest absolute Gasteiger partial charge is 0.123 e. The highest BCUT2D eigenvalue weighted by atomic mass is 32.1. The molecule has 2 heterocycles. The van der Waals surface area contributed by atoms with Gasteiger partial charge in [0.1, 0.15) is 5.82 Å². The van der Waals surface area contributed by atoms with Gasteiger partial charge in [0.2, 0.25) is 0 Å². The second kappa shape index (κ2) is 6.76. The van der Waals surface area contributed by atoms with E-state index in [0.717, 1.165) is 48.4 Å². The average Bonchev–Trinajstić information content (AvgIpc) is 3.00. The van der Waals surface area contributed by atoms with Gasteiger partial charge in [0.05, 0.1) is 0 Å². The number of halogens is 1. The fourth-order valence-corrected chi connectivity index (χ4v) is 3.84. The molecule has 3 heteroatoms. The minimum Gasteiger partial charge on any atom is -0.306 e. The molecule has 3 rings (SSSR count). The van der Waals surface area contributed by atoms with E-state index in [1.165, 1.54) is 10.5 Å². The maximum absolute atomic E-state index is 13.7. The molecule has 0 amide bonds. The molecular weight excluding hydrogens is 293 g/mol. The predicted molar refractivity (Wildman–Crippen MR) is 93.8 cm³/mol. The van der Waals surface area contributed by atoms with E-state index >= 15 is 0 Å². The molecule has 1 aliphatic rings. The molecule has 116 valence electrons. The van der Waals surface area contributed by atoms with Crippen LogP contribution < -0.4 is 0 Å². The molecule has 0 bridgehead atoms. The number of thiophene rings is 1. The van der Waals surface area contributed by atoms with Crippen molar-refractivity contribution in [3.63, 3.8) is 0 Å². The zero-order valence-electron chi connectivity index (χ0n) is 13.2. The van der Waals surface area contributed by atoms with Crippen molar-refractivity contribution in [2.75, 3.05) is 20.1 Å². The number of piperidine rings is 1. The van der Waals surface area contributed by atoms with Crippen LogP contribution in [-0.4, -0.2) is 25.0 Å². The predicted octanol–water partition coefficient (Wildman–Crippen LogP) is 5.23. The van der Waals surface area contributed by atoms with E-state index < -0.39 is 0 Å². The van der Waals surface area contributed by atoms with E-state index in [2.05, 4.69) is 37.1 Å². The first-order valence-electron chi connectivity index (χ1n) is 7.92. The van der Waals surface area contributed by atoms with Crippen LogP contribution in [0.3, 0.4) is 0 Å². The van der Waals surface area contributed by atoms with Gasteiger partial charge in [-0.3, -0.25) is 0 Å². The van der Waals surface area contributed by atoms with Crippen molar-refractivity contribution < 1.29 is 4.39 Å². The fraction of sp³-hybridized carbons (Fsp3) is 0.368. The van der Waals surface area contributed by atoms with Crippen LogP contribution in [0, 0.1) is 5.82 Å². The second-order valence-electron chi connectivity index (χ2n) is 5.96.